The Labute approximate surface area is 228 Å². The lowest BCUT2D eigenvalue weighted by atomic mass is 10.00. The topological polar surface area (TPSA) is 74.8 Å². The van der Waals surface area contributed by atoms with Crippen molar-refractivity contribution in [2.45, 2.75) is 42.8 Å². The summed E-state index contributed by atoms with van der Waals surface area (Å²) >= 11 is 6.05. The van der Waals surface area contributed by atoms with Crippen molar-refractivity contribution in [2.75, 3.05) is 4.90 Å². The Morgan fingerprint density at radius 1 is 1.11 bits per heavy atom. The molecule has 1 fully saturated rings. The van der Waals surface area contributed by atoms with Crippen LogP contribution in [0.25, 0.3) is 0 Å². The van der Waals surface area contributed by atoms with Gasteiger partial charge in [-0.05, 0) is 73.1 Å². The molecule has 0 aliphatic carbocycles. The molecule has 2 heterocycles. The highest BCUT2D eigenvalue weighted by Crippen LogP contribution is 2.41. The van der Waals surface area contributed by atoms with Crippen LogP contribution in [-0.2, 0) is 13.0 Å². The molecular formula is C27H25ClF3N5OS. The van der Waals surface area contributed by atoms with Crippen LogP contribution in [0.5, 0.6) is 0 Å². The van der Waals surface area contributed by atoms with Crippen molar-refractivity contribution in [2.24, 2.45) is 10.7 Å². The van der Waals surface area contributed by atoms with E-state index in [4.69, 9.17) is 17.3 Å². The number of amidine groups is 1. The van der Waals surface area contributed by atoms with E-state index in [1.165, 1.54) is 29.2 Å². The van der Waals surface area contributed by atoms with Crippen LogP contribution in [0.15, 0.2) is 88.9 Å². The van der Waals surface area contributed by atoms with Crippen molar-refractivity contribution in [1.82, 2.24) is 9.88 Å². The third kappa shape index (κ3) is 6.31. The van der Waals surface area contributed by atoms with Gasteiger partial charge < -0.3 is 10.6 Å². The van der Waals surface area contributed by atoms with Crippen molar-refractivity contribution in [3.05, 3.63) is 95.3 Å². The molecule has 2 amide bonds. The molecule has 1 aliphatic heterocycles. The predicted molar refractivity (Wildman–Crippen MR) is 146 cm³/mol. The van der Waals surface area contributed by atoms with Gasteiger partial charge in [-0.1, -0.05) is 48.5 Å². The number of anilines is 1. The third-order valence-corrected chi connectivity index (χ3v) is 7.00. The molecule has 2 aromatic carbocycles. The number of alkyl halides is 3. The highest BCUT2D eigenvalue weighted by molar-refractivity contribution is 8.00. The van der Waals surface area contributed by atoms with Crippen molar-refractivity contribution in [3.8, 4) is 0 Å². The number of halogens is 4. The lowest BCUT2D eigenvalue weighted by Crippen LogP contribution is -2.40. The summed E-state index contributed by atoms with van der Waals surface area (Å²) in [4.78, 5) is 25.2. The summed E-state index contributed by atoms with van der Waals surface area (Å²) in [6, 6.07) is 18.2. The second kappa shape index (κ2) is 10.7. The van der Waals surface area contributed by atoms with E-state index in [0.29, 0.717) is 35.0 Å². The highest BCUT2D eigenvalue weighted by Gasteiger charge is 2.47. The van der Waals surface area contributed by atoms with Crippen molar-refractivity contribution in [1.29, 1.82) is 0 Å². The minimum atomic E-state index is -4.39. The summed E-state index contributed by atoms with van der Waals surface area (Å²) < 4.78 is 38.1. The molecule has 0 atom stereocenters. The lowest BCUT2D eigenvalue weighted by molar-refractivity contribution is -0.0328. The van der Waals surface area contributed by atoms with Gasteiger partial charge >= 0.3 is 11.5 Å². The number of urea groups is 1. The number of nitrogens with zero attached hydrogens (tertiary/aromatic N) is 4. The van der Waals surface area contributed by atoms with Crippen LogP contribution in [0.1, 0.15) is 25.0 Å². The first-order chi connectivity index (χ1) is 17.8. The van der Waals surface area contributed by atoms with Crippen LogP contribution in [0.4, 0.5) is 29.5 Å². The van der Waals surface area contributed by atoms with Gasteiger partial charge in [0.15, 0.2) is 5.82 Å². The molecule has 0 radical (unpaired) electrons. The van der Waals surface area contributed by atoms with E-state index >= 15 is 0 Å². The number of pyridine rings is 1. The molecule has 4 rings (SSSR count). The predicted octanol–water partition coefficient (Wildman–Crippen LogP) is 7.31. The number of amides is 2. The van der Waals surface area contributed by atoms with Gasteiger partial charge in [0, 0.05) is 23.6 Å². The molecule has 2 N–H and O–H groups in total. The van der Waals surface area contributed by atoms with E-state index in [2.05, 4.69) is 16.6 Å². The molecule has 6 nitrogen and oxygen atoms in total. The number of aromatic nitrogens is 1. The molecule has 198 valence electrons. The van der Waals surface area contributed by atoms with Crippen LogP contribution in [-0.4, -0.2) is 32.8 Å². The maximum Gasteiger partial charge on any atom is 0.446 e. The summed E-state index contributed by atoms with van der Waals surface area (Å²) in [5.41, 5.74) is 3.55. The second-order valence-corrected chi connectivity index (χ2v) is 10.7. The first kappa shape index (κ1) is 27.5. The number of hydrogen-bond donors (Lipinski definition) is 1. The van der Waals surface area contributed by atoms with E-state index in [-0.39, 0.29) is 34.4 Å². The zero-order valence-corrected chi connectivity index (χ0v) is 22.2. The minimum absolute atomic E-state index is 0.0284. The van der Waals surface area contributed by atoms with E-state index in [9.17, 15) is 18.0 Å². The first-order valence-corrected chi connectivity index (χ1v) is 12.7. The second-order valence-electron chi connectivity index (χ2n) is 9.17. The van der Waals surface area contributed by atoms with Crippen molar-refractivity contribution < 1.29 is 18.0 Å². The summed E-state index contributed by atoms with van der Waals surface area (Å²) in [6.45, 7) is 7.97. The molecule has 3 aromatic rings. The molecular weight excluding hydrogens is 535 g/mol. The van der Waals surface area contributed by atoms with Gasteiger partial charge in [-0.3, -0.25) is 4.90 Å². The monoisotopic (exact) mass is 559 g/mol. The Morgan fingerprint density at radius 2 is 1.76 bits per heavy atom. The number of rotatable bonds is 7. The van der Waals surface area contributed by atoms with Gasteiger partial charge in [0.1, 0.15) is 11.0 Å². The largest absolute Gasteiger partial charge is 0.446 e. The van der Waals surface area contributed by atoms with Gasteiger partial charge in [-0.15, -0.1) is 0 Å². The van der Waals surface area contributed by atoms with Gasteiger partial charge in [-0.2, -0.15) is 13.2 Å². The number of carbonyl (C=O) groups is 1. The third-order valence-electron chi connectivity index (χ3n) is 6.07. The molecule has 0 spiro atoms. The van der Waals surface area contributed by atoms with E-state index < -0.39 is 11.0 Å². The maximum absolute atomic E-state index is 13.5. The summed E-state index contributed by atoms with van der Waals surface area (Å²) in [5.74, 6) is 0.681. The molecule has 1 aliphatic rings. The van der Waals surface area contributed by atoms with Crippen LogP contribution in [0.2, 0.25) is 5.15 Å². The highest BCUT2D eigenvalue weighted by atomic mass is 35.5. The fraction of sp³-hybridized carbons (Fsp3) is 0.222. The molecule has 1 aromatic heterocycles. The minimum Gasteiger partial charge on any atom is -0.387 e. The fourth-order valence-corrected chi connectivity index (χ4v) is 4.86. The SMILES string of the molecule is C=C1N(c2ccc(SC(F)(F)F)cc2)C(=O)N(Cc2cc(Cl)nc(N=C(N)Cc3ccccc3)c2)C1(C)C. The van der Waals surface area contributed by atoms with Gasteiger partial charge in [0.25, 0.3) is 0 Å². The van der Waals surface area contributed by atoms with Crippen LogP contribution in [0.3, 0.4) is 0 Å². The smallest absolute Gasteiger partial charge is 0.387 e. The summed E-state index contributed by atoms with van der Waals surface area (Å²) in [6.07, 6.45) is 0.442. The Morgan fingerprint density at radius 3 is 2.39 bits per heavy atom. The number of thioether (sulfide) groups is 1. The van der Waals surface area contributed by atoms with Crippen molar-refractivity contribution >= 4 is 46.7 Å². The number of hydrogen-bond acceptors (Lipinski definition) is 4. The lowest BCUT2D eigenvalue weighted by Gasteiger charge is -2.30. The van der Waals surface area contributed by atoms with E-state index in [1.807, 2.05) is 44.2 Å². The standard InChI is InChI=1S/C27H25ClF3N5OS/c1-17-26(2,3)35(25(37)36(17)20-9-11-21(12-10-20)38-27(29,30)31)16-19-13-22(28)33-24(15-19)34-23(32)14-18-7-5-4-6-8-18/h4-13,15H,1,14,16H2,2-3H3,(H2,32,33,34). The summed E-state index contributed by atoms with van der Waals surface area (Å²) in [7, 11) is 0. The van der Waals surface area contributed by atoms with Crippen LogP contribution >= 0.6 is 23.4 Å². The van der Waals surface area contributed by atoms with E-state index in [0.717, 1.165) is 5.56 Å². The summed E-state index contributed by atoms with van der Waals surface area (Å²) in [5, 5.41) is 0.201. The molecule has 0 bridgehead atoms. The zero-order valence-electron chi connectivity index (χ0n) is 20.7. The number of benzene rings is 2. The Balaban J connectivity index is 1.55. The van der Waals surface area contributed by atoms with E-state index in [1.54, 1.807) is 17.0 Å². The van der Waals surface area contributed by atoms with Gasteiger partial charge in [-0.25, -0.2) is 14.8 Å². The molecule has 0 saturated carbocycles. The van der Waals surface area contributed by atoms with Gasteiger partial charge in [0.05, 0.1) is 11.2 Å². The van der Waals surface area contributed by atoms with Gasteiger partial charge in [0.2, 0.25) is 0 Å². The molecule has 38 heavy (non-hydrogen) atoms. The average molecular weight is 560 g/mol. The maximum atomic E-state index is 13.5. The quantitative estimate of drug-likeness (QED) is 0.142. The molecule has 1 saturated heterocycles. The van der Waals surface area contributed by atoms with Crippen LogP contribution < -0.4 is 10.6 Å². The molecule has 11 heteroatoms. The average Bonchev–Trinajstić information content (AvgIpc) is 2.98. The Kier molecular flexibility index (Phi) is 7.75. The normalized spacial score (nSPS) is 15.9. The first-order valence-electron chi connectivity index (χ1n) is 11.5. The number of nitrogens with two attached hydrogens (primary N) is 1. The molecule has 0 unspecified atom stereocenters. The van der Waals surface area contributed by atoms with Crippen molar-refractivity contribution in [3.63, 3.8) is 0 Å². The number of aliphatic imine (C=N–C) groups is 1. The number of carbonyl (C=O) groups excluding carboxylic acids is 1. The zero-order chi connectivity index (χ0) is 27.7. The fourth-order valence-electron chi connectivity index (χ4n) is 4.09. The van der Waals surface area contributed by atoms with Crippen LogP contribution in [0, 0.1) is 0 Å². The Bertz CT molecular complexity index is 1380. The Hall–Kier alpha value is -3.50.